The van der Waals surface area contributed by atoms with Gasteiger partial charge in [-0.2, -0.15) is 18.3 Å². The third kappa shape index (κ3) is 4.54. The Labute approximate surface area is 182 Å². The highest BCUT2D eigenvalue weighted by atomic mass is 35.5. The van der Waals surface area contributed by atoms with Crippen LogP contribution < -0.4 is 4.90 Å². The first-order valence-electron chi connectivity index (χ1n) is 9.76. The predicted octanol–water partition coefficient (Wildman–Crippen LogP) is 4.82. The van der Waals surface area contributed by atoms with Crippen LogP contribution in [0.15, 0.2) is 54.6 Å². The highest BCUT2D eigenvalue weighted by Gasteiger charge is 2.31. The van der Waals surface area contributed by atoms with Crippen LogP contribution in [0.5, 0.6) is 0 Å². The van der Waals surface area contributed by atoms with E-state index in [9.17, 15) is 18.0 Å². The number of halogens is 4. The number of hydrogen-bond acceptors (Lipinski definition) is 3. The number of alkyl halides is 3. The monoisotopic (exact) mass is 448 g/mol. The van der Waals surface area contributed by atoms with E-state index in [2.05, 4.69) is 5.10 Å². The van der Waals surface area contributed by atoms with Gasteiger partial charge in [0.05, 0.1) is 16.9 Å². The third-order valence-corrected chi connectivity index (χ3v) is 5.44. The maximum Gasteiger partial charge on any atom is 0.416 e. The molecule has 1 amide bonds. The molecule has 1 aliphatic rings. The van der Waals surface area contributed by atoms with Crippen molar-refractivity contribution < 1.29 is 18.0 Å². The fourth-order valence-electron chi connectivity index (χ4n) is 3.67. The number of carbonyl (C=O) groups is 1. The lowest BCUT2D eigenvalue weighted by molar-refractivity contribution is -0.137. The summed E-state index contributed by atoms with van der Waals surface area (Å²) in [6, 6.07) is 14.1. The molecular formula is C22H20ClF3N4O. The molecule has 0 atom stereocenters. The number of amides is 1. The van der Waals surface area contributed by atoms with Gasteiger partial charge in [0, 0.05) is 36.9 Å². The average molecular weight is 449 g/mol. The summed E-state index contributed by atoms with van der Waals surface area (Å²) in [4.78, 5) is 16.7. The number of piperazine rings is 1. The molecule has 1 aromatic heterocycles. The van der Waals surface area contributed by atoms with Crippen LogP contribution in [0.3, 0.4) is 0 Å². The van der Waals surface area contributed by atoms with Gasteiger partial charge in [-0.1, -0.05) is 23.7 Å². The zero-order valence-electron chi connectivity index (χ0n) is 16.7. The van der Waals surface area contributed by atoms with Crippen LogP contribution in [0.25, 0.3) is 5.69 Å². The van der Waals surface area contributed by atoms with E-state index in [1.807, 2.05) is 17.9 Å². The molecule has 9 heteroatoms. The molecule has 0 saturated carbocycles. The van der Waals surface area contributed by atoms with Crippen LogP contribution >= 0.6 is 11.6 Å². The van der Waals surface area contributed by atoms with Crippen molar-refractivity contribution in [2.75, 3.05) is 31.1 Å². The minimum Gasteiger partial charge on any atom is -0.368 e. The molecule has 0 bridgehead atoms. The summed E-state index contributed by atoms with van der Waals surface area (Å²) in [5.41, 5.74) is 1.64. The van der Waals surface area contributed by atoms with Crippen LogP contribution in [-0.4, -0.2) is 46.8 Å². The molecular weight excluding hydrogens is 429 g/mol. The molecule has 2 heterocycles. The van der Waals surface area contributed by atoms with Crippen molar-refractivity contribution in [3.05, 3.63) is 76.6 Å². The first-order valence-corrected chi connectivity index (χ1v) is 10.1. The van der Waals surface area contributed by atoms with Crippen molar-refractivity contribution in [3.63, 3.8) is 0 Å². The van der Waals surface area contributed by atoms with E-state index < -0.39 is 11.7 Å². The van der Waals surface area contributed by atoms with E-state index in [1.165, 1.54) is 6.07 Å². The normalized spacial score (nSPS) is 14.7. The van der Waals surface area contributed by atoms with Gasteiger partial charge in [0.2, 0.25) is 0 Å². The molecule has 3 aromatic rings. The van der Waals surface area contributed by atoms with E-state index in [0.717, 1.165) is 12.1 Å². The summed E-state index contributed by atoms with van der Waals surface area (Å²) in [7, 11) is 0. The second-order valence-corrected chi connectivity index (χ2v) is 7.83. The maximum absolute atomic E-state index is 13.2. The summed E-state index contributed by atoms with van der Waals surface area (Å²) in [5, 5.41) is 4.97. The molecule has 0 unspecified atom stereocenters. The lowest BCUT2D eigenvalue weighted by atomic mass is 10.1. The minimum absolute atomic E-state index is 0.177. The zero-order chi connectivity index (χ0) is 22.2. The second-order valence-electron chi connectivity index (χ2n) is 7.39. The van der Waals surface area contributed by atoms with Crippen LogP contribution in [-0.2, 0) is 6.18 Å². The van der Waals surface area contributed by atoms with Crippen molar-refractivity contribution in [3.8, 4) is 5.69 Å². The number of aryl methyl sites for hydroxylation is 1. The van der Waals surface area contributed by atoms with E-state index in [1.54, 1.807) is 39.9 Å². The van der Waals surface area contributed by atoms with Crippen LogP contribution in [0.2, 0.25) is 5.02 Å². The summed E-state index contributed by atoms with van der Waals surface area (Å²) in [6.45, 7) is 3.49. The highest BCUT2D eigenvalue weighted by Crippen LogP contribution is 2.32. The zero-order valence-corrected chi connectivity index (χ0v) is 17.5. The molecule has 1 fully saturated rings. The van der Waals surface area contributed by atoms with Gasteiger partial charge in [0.15, 0.2) is 0 Å². The number of aromatic nitrogens is 2. The second kappa shape index (κ2) is 8.26. The molecule has 2 aromatic carbocycles. The molecule has 31 heavy (non-hydrogen) atoms. The van der Waals surface area contributed by atoms with Gasteiger partial charge in [0.25, 0.3) is 5.91 Å². The Morgan fingerprint density at radius 3 is 2.32 bits per heavy atom. The van der Waals surface area contributed by atoms with Crippen molar-refractivity contribution in [1.82, 2.24) is 14.7 Å². The molecule has 0 aliphatic carbocycles. The average Bonchev–Trinajstić information content (AvgIpc) is 3.14. The quantitative estimate of drug-likeness (QED) is 0.577. The van der Waals surface area contributed by atoms with Crippen LogP contribution in [0.4, 0.5) is 18.9 Å². The molecule has 4 rings (SSSR count). The molecule has 0 N–H and O–H groups in total. The first kappa shape index (κ1) is 21.2. The third-order valence-electron chi connectivity index (χ3n) is 5.21. The Morgan fingerprint density at radius 2 is 1.65 bits per heavy atom. The Balaban J connectivity index is 1.50. The maximum atomic E-state index is 13.2. The van der Waals surface area contributed by atoms with Crippen molar-refractivity contribution in [1.29, 1.82) is 0 Å². The summed E-state index contributed by atoms with van der Waals surface area (Å²) < 4.78 is 40.6. The van der Waals surface area contributed by atoms with E-state index in [0.29, 0.717) is 54.0 Å². The van der Waals surface area contributed by atoms with Gasteiger partial charge in [-0.15, -0.1) is 0 Å². The molecule has 1 saturated heterocycles. The number of benzene rings is 2. The number of rotatable bonds is 3. The minimum atomic E-state index is -4.38. The van der Waals surface area contributed by atoms with Gasteiger partial charge in [-0.3, -0.25) is 4.79 Å². The fraction of sp³-hybridized carbons (Fsp3) is 0.273. The summed E-state index contributed by atoms with van der Waals surface area (Å²) >= 11 is 6.08. The van der Waals surface area contributed by atoms with Gasteiger partial charge in [-0.25, -0.2) is 4.68 Å². The molecule has 1 aliphatic heterocycles. The van der Waals surface area contributed by atoms with Gasteiger partial charge < -0.3 is 9.80 Å². The summed E-state index contributed by atoms with van der Waals surface area (Å²) in [5.74, 6) is -0.177. The lowest BCUT2D eigenvalue weighted by Crippen LogP contribution is -2.49. The summed E-state index contributed by atoms with van der Waals surface area (Å²) in [6.07, 6.45) is -4.38. The number of hydrogen-bond donors (Lipinski definition) is 0. The van der Waals surface area contributed by atoms with E-state index >= 15 is 0 Å². The smallest absolute Gasteiger partial charge is 0.368 e. The number of anilines is 1. The molecule has 5 nitrogen and oxygen atoms in total. The Kier molecular flexibility index (Phi) is 5.66. The highest BCUT2D eigenvalue weighted by molar-refractivity contribution is 6.30. The SMILES string of the molecule is Cc1cc(C(=O)N2CCN(c3cccc(C(F)(F)F)c3)CC2)n(-c2cccc(Cl)c2)n1. The number of nitrogens with zero attached hydrogens (tertiary/aromatic N) is 4. The standard InChI is InChI=1S/C22H20ClF3N4O/c1-15-12-20(30(27-15)19-7-3-5-17(23)14-19)21(31)29-10-8-28(9-11-29)18-6-2-4-16(13-18)22(24,25)26/h2-7,12-14H,8-11H2,1H3. The topological polar surface area (TPSA) is 41.4 Å². The Hall–Kier alpha value is -3.00. The van der Waals surface area contributed by atoms with Gasteiger partial charge in [-0.05, 0) is 49.4 Å². The first-order chi connectivity index (χ1) is 14.7. The Bertz CT molecular complexity index is 1100. The van der Waals surface area contributed by atoms with Gasteiger partial charge >= 0.3 is 6.18 Å². The van der Waals surface area contributed by atoms with Gasteiger partial charge in [0.1, 0.15) is 5.69 Å². The van der Waals surface area contributed by atoms with Crippen LogP contribution in [0.1, 0.15) is 21.7 Å². The fourth-order valence-corrected chi connectivity index (χ4v) is 3.85. The van der Waals surface area contributed by atoms with E-state index in [4.69, 9.17) is 11.6 Å². The molecule has 0 spiro atoms. The lowest BCUT2D eigenvalue weighted by Gasteiger charge is -2.36. The van der Waals surface area contributed by atoms with E-state index in [-0.39, 0.29) is 5.91 Å². The van der Waals surface area contributed by atoms with Crippen molar-refractivity contribution >= 4 is 23.2 Å². The largest absolute Gasteiger partial charge is 0.416 e. The predicted molar refractivity (Wildman–Crippen MR) is 113 cm³/mol. The van der Waals surface area contributed by atoms with Crippen molar-refractivity contribution in [2.45, 2.75) is 13.1 Å². The molecule has 0 radical (unpaired) electrons. The number of carbonyl (C=O) groups excluding carboxylic acids is 1. The molecule has 162 valence electrons. The Morgan fingerprint density at radius 1 is 0.968 bits per heavy atom. The van der Waals surface area contributed by atoms with Crippen molar-refractivity contribution in [2.24, 2.45) is 0 Å². The van der Waals surface area contributed by atoms with Crippen LogP contribution in [0, 0.1) is 6.92 Å².